The SMILES string of the molecule is COc1cccc(C(=O)N2CCN(C(=O)C3(N)CC3)CC2)c1. The molecule has 0 bridgehead atoms. The second-order valence-corrected chi connectivity index (χ2v) is 5.97. The van der Waals surface area contributed by atoms with Crippen LogP contribution in [0.15, 0.2) is 24.3 Å². The lowest BCUT2D eigenvalue weighted by molar-refractivity contribution is -0.135. The van der Waals surface area contributed by atoms with Gasteiger partial charge in [0.25, 0.3) is 5.91 Å². The molecule has 22 heavy (non-hydrogen) atoms. The highest BCUT2D eigenvalue weighted by molar-refractivity contribution is 5.95. The van der Waals surface area contributed by atoms with E-state index in [0.29, 0.717) is 37.5 Å². The summed E-state index contributed by atoms with van der Waals surface area (Å²) in [5, 5.41) is 0. The third-order valence-electron chi connectivity index (χ3n) is 4.39. The van der Waals surface area contributed by atoms with Crippen molar-refractivity contribution in [1.82, 2.24) is 9.80 Å². The first-order valence-corrected chi connectivity index (χ1v) is 7.55. The van der Waals surface area contributed by atoms with Crippen molar-refractivity contribution >= 4 is 11.8 Å². The molecule has 0 radical (unpaired) electrons. The number of methoxy groups -OCH3 is 1. The predicted molar refractivity (Wildman–Crippen MR) is 81.6 cm³/mol. The minimum absolute atomic E-state index is 0.0279. The van der Waals surface area contributed by atoms with E-state index in [9.17, 15) is 9.59 Å². The Morgan fingerprint density at radius 3 is 2.36 bits per heavy atom. The van der Waals surface area contributed by atoms with Gasteiger partial charge in [-0.05, 0) is 31.0 Å². The van der Waals surface area contributed by atoms with Gasteiger partial charge in [0, 0.05) is 31.7 Å². The summed E-state index contributed by atoms with van der Waals surface area (Å²) in [5.74, 6) is 0.666. The van der Waals surface area contributed by atoms with E-state index in [1.165, 1.54) is 0 Å². The normalized spacial score (nSPS) is 19.7. The van der Waals surface area contributed by atoms with Crippen LogP contribution in [-0.4, -0.2) is 60.4 Å². The van der Waals surface area contributed by atoms with Gasteiger partial charge in [-0.3, -0.25) is 9.59 Å². The van der Waals surface area contributed by atoms with Crippen LogP contribution >= 0.6 is 0 Å². The Morgan fingerprint density at radius 1 is 1.14 bits per heavy atom. The number of nitrogens with two attached hydrogens (primary N) is 1. The van der Waals surface area contributed by atoms with Crippen molar-refractivity contribution < 1.29 is 14.3 Å². The molecule has 1 aliphatic carbocycles. The van der Waals surface area contributed by atoms with Crippen LogP contribution in [0.2, 0.25) is 0 Å². The molecule has 2 N–H and O–H groups in total. The van der Waals surface area contributed by atoms with Crippen molar-refractivity contribution in [3.05, 3.63) is 29.8 Å². The molecule has 1 aromatic rings. The van der Waals surface area contributed by atoms with E-state index in [1.807, 2.05) is 6.07 Å². The topological polar surface area (TPSA) is 75.9 Å². The number of nitrogens with zero attached hydrogens (tertiary/aromatic N) is 2. The molecule has 1 saturated heterocycles. The molecule has 6 nitrogen and oxygen atoms in total. The van der Waals surface area contributed by atoms with Gasteiger partial charge in [0.1, 0.15) is 5.75 Å². The highest BCUT2D eigenvalue weighted by atomic mass is 16.5. The Hall–Kier alpha value is -2.08. The van der Waals surface area contributed by atoms with E-state index >= 15 is 0 Å². The third-order valence-corrected chi connectivity index (χ3v) is 4.39. The summed E-state index contributed by atoms with van der Waals surface area (Å²) in [6.07, 6.45) is 1.55. The maximum atomic E-state index is 12.5. The third kappa shape index (κ3) is 2.78. The number of carbonyl (C=O) groups excluding carboxylic acids is 2. The van der Waals surface area contributed by atoms with Crippen molar-refractivity contribution in [1.29, 1.82) is 0 Å². The standard InChI is InChI=1S/C16H21N3O3/c1-22-13-4-2-3-12(11-13)14(20)18-7-9-19(10-8-18)15(21)16(17)5-6-16/h2-4,11H,5-10,17H2,1H3. The maximum absolute atomic E-state index is 12.5. The fraction of sp³-hybridized carbons (Fsp3) is 0.500. The zero-order valence-electron chi connectivity index (χ0n) is 12.7. The van der Waals surface area contributed by atoms with Crippen LogP contribution in [-0.2, 0) is 4.79 Å². The average Bonchev–Trinajstić information content (AvgIpc) is 3.32. The van der Waals surface area contributed by atoms with Crippen LogP contribution in [0.1, 0.15) is 23.2 Å². The van der Waals surface area contributed by atoms with E-state index in [1.54, 1.807) is 35.1 Å². The average molecular weight is 303 g/mol. The van der Waals surface area contributed by atoms with Crippen LogP contribution in [0.4, 0.5) is 0 Å². The summed E-state index contributed by atoms with van der Waals surface area (Å²) in [6.45, 7) is 2.18. The minimum atomic E-state index is -0.626. The van der Waals surface area contributed by atoms with Crippen molar-refractivity contribution in [2.24, 2.45) is 5.73 Å². The maximum Gasteiger partial charge on any atom is 0.254 e. The lowest BCUT2D eigenvalue weighted by Crippen LogP contribution is -2.55. The number of piperazine rings is 1. The smallest absolute Gasteiger partial charge is 0.254 e. The second kappa shape index (κ2) is 5.61. The minimum Gasteiger partial charge on any atom is -0.497 e. The summed E-state index contributed by atoms with van der Waals surface area (Å²) >= 11 is 0. The molecule has 2 amide bonds. The van der Waals surface area contributed by atoms with Crippen molar-refractivity contribution in [3.8, 4) is 5.75 Å². The number of amides is 2. The summed E-state index contributed by atoms with van der Waals surface area (Å²) in [5.41, 5.74) is 5.93. The first kappa shape index (κ1) is 14.8. The van der Waals surface area contributed by atoms with Crippen molar-refractivity contribution in [3.63, 3.8) is 0 Å². The molecule has 1 aliphatic heterocycles. The number of benzene rings is 1. The van der Waals surface area contributed by atoms with E-state index in [0.717, 1.165) is 12.8 Å². The number of rotatable bonds is 3. The molecule has 2 aliphatic rings. The molecular weight excluding hydrogens is 282 g/mol. The summed E-state index contributed by atoms with van der Waals surface area (Å²) < 4.78 is 5.15. The Morgan fingerprint density at radius 2 is 1.77 bits per heavy atom. The van der Waals surface area contributed by atoms with Crippen LogP contribution < -0.4 is 10.5 Å². The summed E-state index contributed by atoms with van der Waals surface area (Å²) in [4.78, 5) is 28.2. The zero-order valence-corrected chi connectivity index (χ0v) is 12.7. The van der Waals surface area contributed by atoms with Crippen molar-refractivity contribution in [2.75, 3.05) is 33.3 Å². The fourth-order valence-corrected chi connectivity index (χ4v) is 2.71. The predicted octanol–water partition coefficient (Wildman–Crippen LogP) is 0.471. The highest BCUT2D eigenvalue weighted by Crippen LogP contribution is 2.34. The first-order chi connectivity index (χ1) is 10.5. The molecule has 3 rings (SSSR count). The summed E-state index contributed by atoms with van der Waals surface area (Å²) in [7, 11) is 1.58. The fourth-order valence-electron chi connectivity index (χ4n) is 2.71. The van der Waals surface area contributed by atoms with Crippen molar-refractivity contribution in [2.45, 2.75) is 18.4 Å². The lowest BCUT2D eigenvalue weighted by Gasteiger charge is -2.36. The lowest BCUT2D eigenvalue weighted by atomic mass is 10.1. The van der Waals surface area contributed by atoms with Crippen LogP contribution in [0.5, 0.6) is 5.75 Å². The van der Waals surface area contributed by atoms with Gasteiger partial charge in [0.2, 0.25) is 5.91 Å². The number of hydrogen-bond donors (Lipinski definition) is 1. The van der Waals surface area contributed by atoms with Gasteiger partial charge < -0.3 is 20.3 Å². The molecule has 0 aromatic heterocycles. The van der Waals surface area contributed by atoms with Crippen LogP contribution in [0.3, 0.4) is 0 Å². The molecule has 1 heterocycles. The van der Waals surface area contributed by atoms with Gasteiger partial charge in [-0.15, -0.1) is 0 Å². The van der Waals surface area contributed by atoms with E-state index in [-0.39, 0.29) is 11.8 Å². The molecule has 6 heteroatoms. The molecular formula is C16H21N3O3. The largest absolute Gasteiger partial charge is 0.497 e. The van der Waals surface area contributed by atoms with E-state index in [2.05, 4.69) is 0 Å². The molecule has 118 valence electrons. The quantitative estimate of drug-likeness (QED) is 0.881. The molecule has 1 saturated carbocycles. The number of carbonyl (C=O) groups is 2. The zero-order chi connectivity index (χ0) is 15.7. The van der Waals surface area contributed by atoms with Gasteiger partial charge >= 0.3 is 0 Å². The monoisotopic (exact) mass is 303 g/mol. The van der Waals surface area contributed by atoms with Gasteiger partial charge in [0.15, 0.2) is 0 Å². The summed E-state index contributed by atoms with van der Waals surface area (Å²) in [6, 6.07) is 7.13. The molecule has 0 spiro atoms. The Balaban J connectivity index is 1.61. The molecule has 0 unspecified atom stereocenters. The first-order valence-electron chi connectivity index (χ1n) is 7.55. The number of ether oxygens (including phenoxy) is 1. The molecule has 1 aromatic carbocycles. The van der Waals surface area contributed by atoms with E-state index < -0.39 is 5.54 Å². The van der Waals surface area contributed by atoms with Gasteiger partial charge in [-0.1, -0.05) is 6.07 Å². The Bertz CT molecular complexity index is 590. The Labute approximate surface area is 129 Å². The Kier molecular flexibility index (Phi) is 3.78. The van der Waals surface area contributed by atoms with Gasteiger partial charge in [-0.2, -0.15) is 0 Å². The van der Waals surface area contributed by atoms with Gasteiger partial charge in [-0.25, -0.2) is 0 Å². The number of hydrogen-bond acceptors (Lipinski definition) is 4. The van der Waals surface area contributed by atoms with E-state index in [4.69, 9.17) is 10.5 Å². The van der Waals surface area contributed by atoms with Gasteiger partial charge in [0.05, 0.1) is 12.6 Å². The second-order valence-electron chi connectivity index (χ2n) is 5.97. The van der Waals surface area contributed by atoms with Crippen LogP contribution in [0.25, 0.3) is 0 Å². The molecule has 0 atom stereocenters. The highest BCUT2D eigenvalue weighted by Gasteiger charge is 2.48. The van der Waals surface area contributed by atoms with Crippen LogP contribution in [0, 0.1) is 0 Å². The molecule has 2 fully saturated rings.